The summed E-state index contributed by atoms with van der Waals surface area (Å²) in [6.45, 7) is 4.29. The fourth-order valence-corrected chi connectivity index (χ4v) is 4.83. The van der Waals surface area contributed by atoms with Crippen molar-refractivity contribution in [1.82, 2.24) is 0 Å². The van der Waals surface area contributed by atoms with Gasteiger partial charge in [0.25, 0.3) is 0 Å². The summed E-state index contributed by atoms with van der Waals surface area (Å²) >= 11 is 6.77. The van der Waals surface area contributed by atoms with E-state index in [2.05, 4.69) is 45.7 Å². The first-order valence-electron chi connectivity index (χ1n) is 11.5. The number of rotatable bonds is 7. The maximum atomic E-state index is 12.5. The molecule has 0 heterocycles. The predicted octanol–water partition coefficient (Wildman–Crippen LogP) is 8.37. The highest BCUT2D eigenvalue weighted by Crippen LogP contribution is 2.37. The van der Waals surface area contributed by atoms with Crippen LogP contribution in [-0.4, -0.2) is 11.9 Å². The summed E-state index contributed by atoms with van der Waals surface area (Å²) in [4.78, 5) is 25.0. The Morgan fingerprint density at radius 1 is 0.639 bits per heavy atom. The van der Waals surface area contributed by atoms with E-state index < -0.39 is 11.9 Å². The third-order valence-electron chi connectivity index (χ3n) is 6.30. The lowest BCUT2D eigenvalue weighted by atomic mass is 9.74. The molecule has 36 heavy (non-hydrogen) atoms. The molecule has 4 aromatic rings. The molecule has 4 aromatic carbocycles. The van der Waals surface area contributed by atoms with Gasteiger partial charge in [-0.1, -0.05) is 62.4 Å². The molecule has 0 fully saturated rings. The van der Waals surface area contributed by atoms with Gasteiger partial charge in [-0.15, -0.1) is 0 Å². The smallest absolute Gasteiger partial charge is 0.344 e. The SMILES string of the molecule is CCC(C)(c1ccc(OC(=O)c2ccccc2Br)cc1)c1ccc(OC(=O)c2ccccc2Br)cc1. The van der Waals surface area contributed by atoms with Gasteiger partial charge in [-0.2, -0.15) is 0 Å². The molecule has 182 valence electrons. The van der Waals surface area contributed by atoms with E-state index in [1.165, 1.54) is 0 Å². The van der Waals surface area contributed by atoms with E-state index in [9.17, 15) is 9.59 Å². The van der Waals surface area contributed by atoms with Crippen LogP contribution in [0, 0.1) is 0 Å². The van der Waals surface area contributed by atoms with Gasteiger partial charge in [-0.05, 0) is 97.9 Å². The van der Waals surface area contributed by atoms with Crippen molar-refractivity contribution in [2.24, 2.45) is 0 Å². The Balaban J connectivity index is 1.49. The molecular formula is C30H24Br2O4. The van der Waals surface area contributed by atoms with Crippen LogP contribution >= 0.6 is 31.9 Å². The largest absolute Gasteiger partial charge is 0.423 e. The first-order chi connectivity index (χ1) is 17.3. The van der Waals surface area contributed by atoms with Gasteiger partial charge in [-0.25, -0.2) is 9.59 Å². The molecule has 0 N–H and O–H groups in total. The highest BCUT2D eigenvalue weighted by Gasteiger charge is 2.27. The Labute approximate surface area is 227 Å². The number of hydrogen-bond donors (Lipinski definition) is 0. The number of benzene rings is 4. The molecule has 0 aliphatic rings. The van der Waals surface area contributed by atoms with E-state index in [0.29, 0.717) is 31.6 Å². The predicted molar refractivity (Wildman–Crippen MR) is 148 cm³/mol. The maximum absolute atomic E-state index is 12.5. The van der Waals surface area contributed by atoms with Gasteiger partial charge >= 0.3 is 11.9 Å². The second-order valence-corrected chi connectivity index (χ2v) is 10.2. The number of esters is 2. The lowest BCUT2D eigenvalue weighted by Crippen LogP contribution is -2.22. The van der Waals surface area contributed by atoms with Crippen molar-refractivity contribution >= 4 is 43.8 Å². The van der Waals surface area contributed by atoms with E-state index >= 15 is 0 Å². The second kappa shape index (κ2) is 11.2. The average molecular weight is 608 g/mol. The van der Waals surface area contributed by atoms with Crippen molar-refractivity contribution in [2.45, 2.75) is 25.7 Å². The molecule has 0 atom stereocenters. The Bertz CT molecular complexity index is 1280. The minimum Gasteiger partial charge on any atom is -0.423 e. The zero-order chi connectivity index (χ0) is 25.7. The van der Waals surface area contributed by atoms with Crippen molar-refractivity contribution in [1.29, 1.82) is 0 Å². The van der Waals surface area contributed by atoms with Gasteiger partial charge < -0.3 is 9.47 Å². The molecule has 0 aromatic heterocycles. The summed E-state index contributed by atoms with van der Waals surface area (Å²) in [5.74, 6) is 0.127. The molecule has 6 heteroatoms. The van der Waals surface area contributed by atoms with Gasteiger partial charge in [0.1, 0.15) is 11.5 Å². The monoisotopic (exact) mass is 606 g/mol. The quantitative estimate of drug-likeness (QED) is 0.156. The van der Waals surface area contributed by atoms with Gasteiger partial charge in [0.05, 0.1) is 11.1 Å². The summed E-state index contributed by atoms with van der Waals surface area (Å²) in [6, 6.07) is 29.5. The van der Waals surface area contributed by atoms with E-state index in [0.717, 1.165) is 17.5 Å². The number of ether oxygens (including phenoxy) is 2. The van der Waals surface area contributed by atoms with Crippen LogP contribution in [0.3, 0.4) is 0 Å². The zero-order valence-corrected chi connectivity index (χ0v) is 23.0. The molecule has 0 spiro atoms. The molecule has 0 saturated heterocycles. The highest BCUT2D eigenvalue weighted by atomic mass is 79.9. The summed E-state index contributed by atoms with van der Waals surface area (Å²) < 4.78 is 12.5. The standard InChI is InChI=1S/C30H24Br2O4/c1-3-30(2,20-12-16-22(17-13-20)35-28(33)24-8-4-6-10-26(24)31)21-14-18-23(19-15-21)36-29(34)25-9-5-7-11-27(25)32/h4-19H,3H2,1-2H3. The summed E-state index contributed by atoms with van der Waals surface area (Å²) in [7, 11) is 0. The van der Waals surface area contributed by atoms with Crippen LogP contribution in [0.1, 0.15) is 52.1 Å². The van der Waals surface area contributed by atoms with Gasteiger partial charge in [0.15, 0.2) is 0 Å². The average Bonchev–Trinajstić information content (AvgIpc) is 2.89. The van der Waals surface area contributed by atoms with Crippen LogP contribution in [0.2, 0.25) is 0 Å². The fraction of sp³-hybridized carbons (Fsp3) is 0.133. The Hall–Kier alpha value is -3.22. The first kappa shape index (κ1) is 25.9. The van der Waals surface area contributed by atoms with Crippen molar-refractivity contribution in [2.75, 3.05) is 0 Å². The number of halogens is 2. The highest BCUT2D eigenvalue weighted by molar-refractivity contribution is 9.10. The third kappa shape index (κ3) is 5.61. The second-order valence-electron chi connectivity index (χ2n) is 8.47. The van der Waals surface area contributed by atoms with E-state index in [4.69, 9.17) is 9.47 Å². The van der Waals surface area contributed by atoms with Crippen LogP contribution in [0.4, 0.5) is 0 Å². The first-order valence-corrected chi connectivity index (χ1v) is 13.0. The molecule has 4 nitrogen and oxygen atoms in total. The molecule has 0 aliphatic carbocycles. The Morgan fingerprint density at radius 3 is 1.33 bits per heavy atom. The summed E-state index contributed by atoms with van der Waals surface area (Å²) in [5, 5.41) is 0. The zero-order valence-electron chi connectivity index (χ0n) is 19.8. The molecule has 0 unspecified atom stereocenters. The molecule has 0 saturated carbocycles. The minimum absolute atomic E-state index is 0.282. The van der Waals surface area contributed by atoms with Crippen LogP contribution in [-0.2, 0) is 5.41 Å². The van der Waals surface area contributed by atoms with Gasteiger partial charge in [0.2, 0.25) is 0 Å². The Kier molecular flexibility index (Phi) is 8.07. The number of carbonyl (C=O) groups excluding carboxylic acids is 2. The van der Waals surface area contributed by atoms with E-state index in [-0.39, 0.29) is 5.41 Å². The van der Waals surface area contributed by atoms with Crippen molar-refractivity contribution in [3.63, 3.8) is 0 Å². The Morgan fingerprint density at radius 2 is 1.00 bits per heavy atom. The van der Waals surface area contributed by atoms with E-state index in [1.54, 1.807) is 36.4 Å². The van der Waals surface area contributed by atoms with Crippen molar-refractivity contribution < 1.29 is 19.1 Å². The summed E-state index contributed by atoms with van der Waals surface area (Å²) in [6.07, 6.45) is 0.846. The van der Waals surface area contributed by atoms with Crippen LogP contribution in [0.5, 0.6) is 11.5 Å². The molecule has 0 radical (unpaired) electrons. The molecular weight excluding hydrogens is 584 g/mol. The number of hydrogen-bond acceptors (Lipinski definition) is 4. The molecule has 0 aliphatic heterocycles. The van der Waals surface area contributed by atoms with Gasteiger partial charge in [-0.3, -0.25) is 0 Å². The topological polar surface area (TPSA) is 52.6 Å². The number of carbonyl (C=O) groups is 2. The summed E-state index contributed by atoms with van der Waals surface area (Å²) in [5.41, 5.74) is 2.84. The lowest BCUT2D eigenvalue weighted by Gasteiger charge is -2.30. The van der Waals surface area contributed by atoms with Gasteiger partial charge in [0, 0.05) is 14.4 Å². The van der Waals surface area contributed by atoms with Crippen molar-refractivity contribution in [3.8, 4) is 11.5 Å². The molecule has 4 rings (SSSR count). The van der Waals surface area contributed by atoms with Crippen LogP contribution in [0.15, 0.2) is 106 Å². The minimum atomic E-state index is -0.416. The molecule has 0 amide bonds. The van der Waals surface area contributed by atoms with E-state index in [1.807, 2.05) is 60.7 Å². The molecule has 0 bridgehead atoms. The maximum Gasteiger partial charge on any atom is 0.344 e. The van der Waals surface area contributed by atoms with Crippen LogP contribution in [0.25, 0.3) is 0 Å². The normalized spacial score (nSPS) is 11.1. The third-order valence-corrected chi connectivity index (χ3v) is 7.68. The fourth-order valence-electron chi connectivity index (χ4n) is 3.93. The van der Waals surface area contributed by atoms with Crippen molar-refractivity contribution in [3.05, 3.63) is 128 Å². The lowest BCUT2D eigenvalue weighted by molar-refractivity contribution is 0.0724. The van der Waals surface area contributed by atoms with Crippen LogP contribution < -0.4 is 9.47 Å².